The average molecular weight is 373 g/mol. The Morgan fingerprint density at radius 3 is 2.08 bits per heavy atom. The fraction of sp³-hybridized carbons (Fsp3) is 0.211. The SMILES string of the molecule is C#CCC(NS(=O)(=O)c1ccc(-c2ccc(OC)cc2)cc1)C(=O)OC. The van der Waals surface area contributed by atoms with Crippen molar-refractivity contribution in [1.82, 2.24) is 4.72 Å². The molecule has 1 atom stereocenters. The standard InChI is InChI=1S/C19H19NO5S/c1-4-5-18(19(21)25-3)20-26(22,23)17-12-8-15(9-13-17)14-6-10-16(24-2)11-7-14/h1,6-13,18,20H,5H2,2-3H3. The molecule has 0 aliphatic rings. The van der Waals surface area contributed by atoms with E-state index in [1.54, 1.807) is 19.2 Å². The lowest BCUT2D eigenvalue weighted by atomic mass is 10.1. The van der Waals surface area contributed by atoms with Crippen LogP contribution in [0.5, 0.6) is 5.75 Å². The molecular formula is C19H19NO5S. The number of sulfonamides is 1. The third-order valence-corrected chi connectivity index (χ3v) is 5.18. The molecule has 0 radical (unpaired) electrons. The topological polar surface area (TPSA) is 81.7 Å². The van der Waals surface area contributed by atoms with Crippen molar-refractivity contribution in [3.8, 4) is 29.2 Å². The first-order valence-electron chi connectivity index (χ1n) is 7.69. The highest BCUT2D eigenvalue weighted by atomic mass is 32.2. The third kappa shape index (κ3) is 4.63. The summed E-state index contributed by atoms with van der Waals surface area (Å²) < 4.78 is 36.9. The van der Waals surface area contributed by atoms with Crippen LogP contribution in [-0.4, -0.2) is 34.6 Å². The third-order valence-electron chi connectivity index (χ3n) is 3.69. The molecule has 0 saturated heterocycles. The summed E-state index contributed by atoms with van der Waals surface area (Å²) in [6, 6.07) is 12.6. The van der Waals surface area contributed by atoms with Gasteiger partial charge in [-0.25, -0.2) is 8.42 Å². The molecule has 26 heavy (non-hydrogen) atoms. The van der Waals surface area contributed by atoms with E-state index in [0.29, 0.717) is 0 Å². The van der Waals surface area contributed by atoms with Gasteiger partial charge in [-0.05, 0) is 35.4 Å². The Balaban J connectivity index is 2.22. The Bertz CT molecular complexity index is 896. The van der Waals surface area contributed by atoms with Crippen molar-refractivity contribution in [2.75, 3.05) is 14.2 Å². The van der Waals surface area contributed by atoms with E-state index in [1.165, 1.54) is 19.2 Å². The van der Waals surface area contributed by atoms with Crippen LogP contribution in [0.4, 0.5) is 0 Å². The molecule has 0 aliphatic heterocycles. The summed E-state index contributed by atoms with van der Waals surface area (Å²) in [6.45, 7) is 0. The van der Waals surface area contributed by atoms with Gasteiger partial charge in [0.1, 0.15) is 11.8 Å². The van der Waals surface area contributed by atoms with Crippen LogP contribution in [0.25, 0.3) is 11.1 Å². The molecule has 0 amide bonds. The van der Waals surface area contributed by atoms with Gasteiger partial charge in [0.25, 0.3) is 0 Å². The maximum absolute atomic E-state index is 12.5. The number of methoxy groups -OCH3 is 2. The number of ether oxygens (including phenoxy) is 2. The number of hydrogen-bond acceptors (Lipinski definition) is 5. The van der Waals surface area contributed by atoms with Crippen LogP contribution in [0.2, 0.25) is 0 Å². The lowest BCUT2D eigenvalue weighted by molar-refractivity contribution is -0.142. The van der Waals surface area contributed by atoms with Crippen LogP contribution in [0, 0.1) is 12.3 Å². The lowest BCUT2D eigenvalue weighted by Crippen LogP contribution is -2.41. The zero-order valence-corrected chi connectivity index (χ0v) is 15.2. The normalized spacial score (nSPS) is 12.0. The Hall–Kier alpha value is -2.82. The van der Waals surface area contributed by atoms with Gasteiger partial charge in [-0.3, -0.25) is 4.79 Å². The minimum atomic E-state index is -3.91. The predicted molar refractivity (Wildman–Crippen MR) is 98.0 cm³/mol. The quantitative estimate of drug-likeness (QED) is 0.594. The summed E-state index contributed by atoms with van der Waals surface area (Å²) in [5, 5.41) is 0. The predicted octanol–water partition coefficient (Wildman–Crippen LogP) is 2.21. The van der Waals surface area contributed by atoms with E-state index in [4.69, 9.17) is 11.2 Å². The number of rotatable bonds is 7. The largest absolute Gasteiger partial charge is 0.497 e. The molecule has 0 spiro atoms. The van der Waals surface area contributed by atoms with Crippen LogP contribution in [0.15, 0.2) is 53.4 Å². The number of benzene rings is 2. The van der Waals surface area contributed by atoms with Crippen LogP contribution < -0.4 is 9.46 Å². The zero-order valence-electron chi connectivity index (χ0n) is 14.4. The van der Waals surface area contributed by atoms with Gasteiger partial charge in [0.2, 0.25) is 10.0 Å². The maximum atomic E-state index is 12.5. The van der Waals surface area contributed by atoms with Crippen LogP contribution in [0.1, 0.15) is 6.42 Å². The van der Waals surface area contributed by atoms with Crippen LogP contribution in [0.3, 0.4) is 0 Å². The second-order valence-corrected chi connectivity index (χ2v) is 7.07. The highest BCUT2D eigenvalue weighted by Gasteiger charge is 2.25. The van der Waals surface area contributed by atoms with Crippen molar-refractivity contribution >= 4 is 16.0 Å². The fourth-order valence-corrected chi connectivity index (χ4v) is 3.48. The molecule has 1 unspecified atom stereocenters. The monoisotopic (exact) mass is 373 g/mol. The molecular weight excluding hydrogens is 354 g/mol. The van der Waals surface area contributed by atoms with Gasteiger partial charge in [-0.1, -0.05) is 24.3 Å². The molecule has 0 heterocycles. The molecule has 1 N–H and O–H groups in total. The molecule has 2 aromatic rings. The van der Waals surface area contributed by atoms with Crippen LogP contribution in [-0.2, 0) is 19.6 Å². The summed E-state index contributed by atoms with van der Waals surface area (Å²) in [6.07, 6.45) is 5.08. The van der Waals surface area contributed by atoms with E-state index < -0.39 is 22.0 Å². The van der Waals surface area contributed by atoms with Crippen molar-refractivity contribution < 1.29 is 22.7 Å². The van der Waals surface area contributed by atoms with E-state index in [2.05, 4.69) is 15.4 Å². The van der Waals surface area contributed by atoms with E-state index in [0.717, 1.165) is 16.9 Å². The Labute approximate surface area is 153 Å². The number of hydrogen-bond donors (Lipinski definition) is 1. The van der Waals surface area contributed by atoms with E-state index in [1.807, 2.05) is 24.3 Å². The van der Waals surface area contributed by atoms with E-state index in [-0.39, 0.29) is 11.3 Å². The van der Waals surface area contributed by atoms with E-state index >= 15 is 0 Å². The first-order chi connectivity index (χ1) is 12.4. The van der Waals surface area contributed by atoms with Crippen molar-refractivity contribution in [2.45, 2.75) is 17.4 Å². The molecule has 7 heteroatoms. The Morgan fingerprint density at radius 2 is 1.62 bits per heavy atom. The number of terminal acetylenes is 1. The van der Waals surface area contributed by atoms with Gasteiger partial charge in [0.05, 0.1) is 19.1 Å². The molecule has 0 bridgehead atoms. The van der Waals surface area contributed by atoms with Gasteiger partial charge >= 0.3 is 5.97 Å². The van der Waals surface area contributed by atoms with Crippen molar-refractivity contribution in [2.24, 2.45) is 0 Å². The molecule has 6 nitrogen and oxygen atoms in total. The van der Waals surface area contributed by atoms with Crippen molar-refractivity contribution in [3.05, 3.63) is 48.5 Å². The first-order valence-corrected chi connectivity index (χ1v) is 9.17. The highest BCUT2D eigenvalue weighted by molar-refractivity contribution is 7.89. The average Bonchev–Trinajstić information content (AvgIpc) is 2.67. The van der Waals surface area contributed by atoms with Crippen molar-refractivity contribution in [3.63, 3.8) is 0 Å². The zero-order chi connectivity index (χ0) is 19.2. The Kier molecular flexibility index (Phi) is 6.39. The molecule has 2 aromatic carbocycles. The lowest BCUT2D eigenvalue weighted by Gasteiger charge is -2.14. The molecule has 0 aliphatic carbocycles. The van der Waals surface area contributed by atoms with Crippen molar-refractivity contribution in [1.29, 1.82) is 0 Å². The molecule has 136 valence electrons. The molecule has 0 fully saturated rings. The number of esters is 1. The molecule has 2 rings (SSSR count). The number of nitrogens with one attached hydrogen (secondary N) is 1. The number of carbonyl (C=O) groups excluding carboxylic acids is 1. The summed E-state index contributed by atoms with van der Waals surface area (Å²) >= 11 is 0. The van der Waals surface area contributed by atoms with Gasteiger partial charge in [0, 0.05) is 6.42 Å². The van der Waals surface area contributed by atoms with Gasteiger partial charge < -0.3 is 9.47 Å². The van der Waals surface area contributed by atoms with Gasteiger partial charge in [0.15, 0.2) is 0 Å². The smallest absolute Gasteiger partial charge is 0.324 e. The summed E-state index contributed by atoms with van der Waals surface area (Å²) in [5.74, 6) is 2.26. The molecule has 0 aromatic heterocycles. The molecule has 0 saturated carbocycles. The van der Waals surface area contributed by atoms with Crippen LogP contribution >= 0.6 is 0 Å². The van der Waals surface area contributed by atoms with Gasteiger partial charge in [-0.2, -0.15) is 4.72 Å². The number of carbonyl (C=O) groups is 1. The summed E-state index contributed by atoms with van der Waals surface area (Å²) in [7, 11) is -1.16. The highest BCUT2D eigenvalue weighted by Crippen LogP contribution is 2.23. The first kappa shape index (κ1) is 19.5. The van der Waals surface area contributed by atoms with E-state index in [9.17, 15) is 13.2 Å². The maximum Gasteiger partial charge on any atom is 0.324 e. The second-order valence-electron chi connectivity index (χ2n) is 5.36. The second kappa shape index (κ2) is 8.52. The summed E-state index contributed by atoms with van der Waals surface area (Å²) in [5.41, 5.74) is 1.77. The minimum Gasteiger partial charge on any atom is -0.497 e. The Morgan fingerprint density at radius 1 is 1.08 bits per heavy atom. The fourth-order valence-electron chi connectivity index (χ4n) is 2.30. The van der Waals surface area contributed by atoms with Gasteiger partial charge in [-0.15, -0.1) is 12.3 Å². The minimum absolute atomic E-state index is 0.0284. The summed E-state index contributed by atoms with van der Waals surface area (Å²) in [4.78, 5) is 11.7.